The van der Waals surface area contributed by atoms with Crippen LogP contribution in [0, 0.1) is 0 Å². The maximum atomic E-state index is 12.3. The van der Waals surface area contributed by atoms with Crippen molar-refractivity contribution in [2.24, 2.45) is 0 Å². The van der Waals surface area contributed by atoms with Gasteiger partial charge in [-0.15, -0.1) is 0 Å². The van der Waals surface area contributed by atoms with Crippen molar-refractivity contribution in [3.8, 4) is 0 Å². The van der Waals surface area contributed by atoms with Gasteiger partial charge in [0.25, 0.3) is 0 Å². The Morgan fingerprint density at radius 3 is 2.46 bits per heavy atom. The molecule has 1 unspecified atom stereocenters. The number of amides is 3. The van der Waals surface area contributed by atoms with Crippen LogP contribution in [-0.4, -0.2) is 62.8 Å². The fourth-order valence-corrected chi connectivity index (χ4v) is 2.74. The lowest BCUT2D eigenvalue weighted by Crippen LogP contribution is -2.47. The number of carboxylic acids is 1. The Hall–Kier alpha value is -3.07. The van der Waals surface area contributed by atoms with Crippen molar-refractivity contribution in [3.63, 3.8) is 0 Å². The highest BCUT2D eigenvalue weighted by Gasteiger charge is 2.30. The molecule has 0 aliphatic rings. The summed E-state index contributed by atoms with van der Waals surface area (Å²) in [5.74, 6) is -1.38. The molecule has 0 radical (unpaired) electrons. The molecule has 2 aromatic rings. The summed E-state index contributed by atoms with van der Waals surface area (Å²) in [5, 5.41) is 24.2. The van der Waals surface area contributed by atoms with Crippen molar-refractivity contribution in [3.05, 3.63) is 30.5 Å². The number of carbonyl (C=O) groups excluding carboxylic acids is 2. The first-order valence-corrected chi connectivity index (χ1v) is 9.05. The van der Waals surface area contributed by atoms with Crippen LogP contribution in [-0.2, 0) is 16.1 Å². The molecule has 1 heterocycles. The molecule has 152 valence electrons. The molecule has 0 fully saturated rings. The summed E-state index contributed by atoms with van der Waals surface area (Å²) < 4.78 is 1.85. The highest BCUT2D eigenvalue weighted by atomic mass is 16.4. The standard InChI is InChI=1S/C19H26N4O5/c1-4-22(5-2)16(24)11-23-9-8-13-10-14(6-7-15(13)23)21-18(27)20-12-19(3,28)17(25)26/h6-10,28H,4-5,11-12H2,1-3H3,(H,25,26)(H2,20,21,27). The van der Waals surface area contributed by atoms with E-state index in [1.807, 2.05) is 30.7 Å². The number of carboxylic acid groups (broad SMARTS) is 1. The Bertz CT molecular complexity index is 870. The van der Waals surface area contributed by atoms with Crippen molar-refractivity contribution in [2.45, 2.75) is 32.9 Å². The molecule has 2 rings (SSSR count). The number of aliphatic carboxylic acids is 1. The van der Waals surface area contributed by atoms with Gasteiger partial charge in [-0.2, -0.15) is 0 Å². The van der Waals surface area contributed by atoms with E-state index in [1.165, 1.54) is 0 Å². The maximum absolute atomic E-state index is 12.3. The second kappa shape index (κ2) is 8.75. The Kier molecular flexibility index (Phi) is 6.63. The van der Waals surface area contributed by atoms with Crippen LogP contribution in [0.3, 0.4) is 0 Å². The Morgan fingerprint density at radius 1 is 1.18 bits per heavy atom. The van der Waals surface area contributed by atoms with Crippen molar-refractivity contribution < 1.29 is 24.6 Å². The number of urea groups is 1. The smallest absolute Gasteiger partial charge is 0.337 e. The van der Waals surface area contributed by atoms with Crippen molar-refractivity contribution in [1.82, 2.24) is 14.8 Å². The van der Waals surface area contributed by atoms with Crippen LogP contribution >= 0.6 is 0 Å². The van der Waals surface area contributed by atoms with Crippen LogP contribution < -0.4 is 10.6 Å². The third-order valence-electron chi connectivity index (χ3n) is 4.50. The third-order valence-corrected chi connectivity index (χ3v) is 4.50. The fourth-order valence-electron chi connectivity index (χ4n) is 2.74. The van der Waals surface area contributed by atoms with E-state index < -0.39 is 24.1 Å². The zero-order valence-corrected chi connectivity index (χ0v) is 16.2. The number of nitrogens with zero attached hydrogens (tertiary/aromatic N) is 2. The molecule has 0 saturated heterocycles. The van der Waals surface area contributed by atoms with E-state index in [0.29, 0.717) is 18.8 Å². The van der Waals surface area contributed by atoms with Gasteiger partial charge < -0.3 is 30.3 Å². The Morgan fingerprint density at radius 2 is 1.86 bits per heavy atom. The van der Waals surface area contributed by atoms with E-state index in [-0.39, 0.29) is 12.5 Å². The molecule has 0 aliphatic carbocycles. The molecule has 1 aromatic carbocycles. The normalized spacial score (nSPS) is 13.0. The summed E-state index contributed by atoms with van der Waals surface area (Å²) in [6, 6.07) is 6.46. The van der Waals surface area contributed by atoms with E-state index in [9.17, 15) is 19.5 Å². The summed E-state index contributed by atoms with van der Waals surface area (Å²) >= 11 is 0. The topological polar surface area (TPSA) is 124 Å². The lowest BCUT2D eigenvalue weighted by molar-refractivity contribution is -0.155. The van der Waals surface area contributed by atoms with E-state index in [1.54, 1.807) is 23.1 Å². The minimum atomic E-state index is -2.05. The van der Waals surface area contributed by atoms with Gasteiger partial charge in [0.15, 0.2) is 5.60 Å². The third kappa shape index (κ3) is 5.01. The lowest BCUT2D eigenvalue weighted by atomic mass is 10.1. The fraction of sp³-hybridized carbons (Fsp3) is 0.421. The van der Waals surface area contributed by atoms with Crippen LogP contribution in [0.4, 0.5) is 10.5 Å². The van der Waals surface area contributed by atoms with Crippen LogP contribution in [0.15, 0.2) is 30.5 Å². The van der Waals surface area contributed by atoms with Crippen LogP contribution in [0.1, 0.15) is 20.8 Å². The minimum absolute atomic E-state index is 0.0366. The molecule has 4 N–H and O–H groups in total. The SMILES string of the molecule is CCN(CC)C(=O)Cn1ccc2cc(NC(=O)NCC(C)(O)C(=O)O)ccc21. The molecular weight excluding hydrogens is 364 g/mol. The van der Waals surface area contributed by atoms with Crippen molar-refractivity contribution >= 4 is 34.5 Å². The number of carbonyl (C=O) groups is 3. The van der Waals surface area contributed by atoms with Gasteiger partial charge in [-0.25, -0.2) is 9.59 Å². The van der Waals surface area contributed by atoms with Crippen LogP contribution in [0.5, 0.6) is 0 Å². The van der Waals surface area contributed by atoms with Gasteiger partial charge in [-0.1, -0.05) is 0 Å². The maximum Gasteiger partial charge on any atom is 0.337 e. The average molecular weight is 390 g/mol. The summed E-state index contributed by atoms with van der Waals surface area (Å²) in [6.45, 7) is 6.10. The van der Waals surface area contributed by atoms with Gasteiger partial charge in [0.05, 0.1) is 6.54 Å². The number of likely N-dealkylation sites (N-methyl/N-ethyl adjacent to an activating group) is 1. The summed E-state index contributed by atoms with van der Waals surface area (Å²) in [5.41, 5.74) is -0.677. The zero-order valence-electron chi connectivity index (χ0n) is 16.2. The van der Waals surface area contributed by atoms with E-state index in [4.69, 9.17) is 5.11 Å². The molecule has 0 bridgehead atoms. The summed E-state index contributed by atoms with van der Waals surface area (Å²) in [6.07, 6.45) is 1.82. The molecule has 0 saturated carbocycles. The predicted octanol–water partition coefficient (Wildman–Crippen LogP) is 1.47. The largest absolute Gasteiger partial charge is 0.479 e. The predicted molar refractivity (Wildman–Crippen MR) is 105 cm³/mol. The first kappa shape index (κ1) is 21.2. The second-order valence-electron chi connectivity index (χ2n) is 6.67. The molecule has 1 atom stereocenters. The number of hydrogen-bond acceptors (Lipinski definition) is 4. The average Bonchev–Trinajstić information content (AvgIpc) is 3.03. The number of rotatable bonds is 8. The highest BCUT2D eigenvalue weighted by Crippen LogP contribution is 2.21. The Labute approximate surface area is 162 Å². The lowest BCUT2D eigenvalue weighted by Gasteiger charge is -2.19. The number of anilines is 1. The zero-order chi connectivity index (χ0) is 20.9. The number of aliphatic hydroxyl groups is 1. The van der Waals surface area contributed by atoms with Gasteiger partial charge in [-0.05, 0) is 45.0 Å². The summed E-state index contributed by atoms with van der Waals surface area (Å²) in [4.78, 5) is 36.8. The van der Waals surface area contributed by atoms with Gasteiger partial charge in [-0.3, -0.25) is 4.79 Å². The van der Waals surface area contributed by atoms with Crippen molar-refractivity contribution in [1.29, 1.82) is 0 Å². The van der Waals surface area contributed by atoms with Crippen LogP contribution in [0.2, 0.25) is 0 Å². The molecule has 0 aliphatic heterocycles. The summed E-state index contributed by atoms with van der Waals surface area (Å²) in [7, 11) is 0. The van der Waals surface area contributed by atoms with Crippen LogP contribution in [0.25, 0.3) is 10.9 Å². The molecular formula is C19H26N4O5. The monoisotopic (exact) mass is 390 g/mol. The number of nitrogens with one attached hydrogen (secondary N) is 2. The number of benzene rings is 1. The number of hydrogen-bond donors (Lipinski definition) is 4. The van der Waals surface area contributed by atoms with E-state index in [2.05, 4.69) is 10.6 Å². The van der Waals surface area contributed by atoms with E-state index >= 15 is 0 Å². The number of fused-ring (bicyclic) bond motifs is 1. The molecule has 3 amide bonds. The van der Waals surface area contributed by atoms with Crippen molar-refractivity contribution in [2.75, 3.05) is 25.0 Å². The molecule has 9 nitrogen and oxygen atoms in total. The highest BCUT2D eigenvalue weighted by molar-refractivity contribution is 5.93. The Balaban J connectivity index is 2.04. The van der Waals surface area contributed by atoms with Gasteiger partial charge in [0.1, 0.15) is 6.54 Å². The molecule has 9 heteroatoms. The second-order valence-corrected chi connectivity index (χ2v) is 6.67. The minimum Gasteiger partial charge on any atom is -0.479 e. The quantitative estimate of drug-likeness (QED) is 0.543. The molecule has 0 spiro atoms. The van der Waals surface area contributed by atoms with Gasteiger partial charge in [0.2, 0.25) is 5.91 Å². The first-order chi connectivity index (χ1) is 13.2. The number of aromatic nitrogens is 1. The van der Waals surface area contributed by atoms with Gasteiger partial charge >= 0.3 is 12.0 Å². The van der Waals surface area contributed by atoms with Gasteiger partial charge in [0, 0.05) is 35.9 Å². The first-order valence-electron chi connectivity index (χ1n) is 9.05. The molecule has 1 aromatic heterocycles. The van der Waals surface area contributed by atoms with E-state index in [0.717, 1.165) is 17.8 Å². The molecule has 28 heavy (non-hydrogen) atoms.